The number of nitrogens with zero attached hydrogens (tertiary/aromatic N) is 1. The number of hydrogen-bond acceptors (Lipinski definition) is 2. The van der Waals surface area contributed by atoms with Gasteiger partial charge < -0.3 is 5.32 Å². The van der Waals surface area contributed by atoms with E-state index < -0.39 is 0 Å². The van der Waals surface area contributed by atoms with Crippen molar-refractivity contribution in [2.75, 3.05) is 0 Å². The minimum Gasteiger partial charge on any atom is -0.306 e. The largest absolute Gasteiger partial charge is 0.306 e. The molecule has 1 aromatic rings. The zero-order valence-electron chi connectivity index (χ0n) is 11.2. The minimum atomic E-state index is -0.273. The average Bonchev–Trinajstić information content (AvgIpc) is 2.61. The van der Waals surface area contributed by atoms with E-state index in [0.717, 1.165) is 5.56 Å². The first-order valence-electron chi connectivity index (χ1n) is 6.13. The molecule has 0 spiro atoms. The predicted octanol–water partition coefficient (Wildman–Crippen LogP) is 3.31. The molecule has 1 aliphatic carbocycles. The van der Waals surface area contributed by atoms with Crippen molar-refractivity contribution in [3.05, 3.63) is 29.8 Å². The molecule has 1 atom stereocenters. The SMILES string of the molecule is CC(NC1C(C)(C)C1(C)C)c1cncc(F)c1. The summed E-state index contributed by atoms with van der Waals surface area (Å²) in [6.07, 6.45) is 2.96. The third kappa shape index (κ3) is 1.97. The normalized spacial score (nSPS) is 23.4. The molecule has 2 nitrogen and oxygen atoms in total. The molecule has 0 saturated heterocycles. The predicted molar refractivity (Wildman–Crippen MR) is 67.1 cm³/mol. The van der Waals surface area contributed by atoms with Crippen LogP contribution in [0, 0.1) is 16.6 Å². The second kappa shape index (κ2) is 3.77. The molecule has 94 valence electrons. The number of hydrogen-bond donors (Lipinski definition) is 1. The minimum absolute atomic E-state index is 0.129. The lowest BCUT2D eigenvalue weighted by atomic mass is 10.0. The summed E-state index contributed by atoms with van der Waals surface area (Å²) < 4.78 is 13.1. The third-order valence-electron chi connectivity index (χ3n) is 4.66. The summed E-state index contributed by atoms with van der Waals surface area (Å²) in [6.45, 7) is 11.1. The quantitative estimate of drug-likeness (QED) is 0.871. The van der Waals surface area contributed by atoms with Crippen LogP contribution in [0.4, 0.5) is 4.39 Å². The Kier molecular flexibility index (Phi) is 2.77. The van der Waals surface area contributed by atoms with Crippen LogP contribution in [0.5, 0.6) is 0 Å². The topological polar surface area (TPSA) is 24.9 Å². The molecule has 0 amide bonds. The lowest BCUT2D eigenvalue weighted by molar-refractivity contribution is 0.457. The molecular weight excluding hydrogens is 215 g/mol. The monoisotopic (exact) mass is 236 g/mol. The molecule has 3 heteroatoms. The highest BCUT2D eigenvalue weighted by Crippen LogP contribution is 2.63. The Bertz CT molecular complexity index is 412. The highest BCUT2D eigenvalue weighted by atomic mass is 19.1. The summed E-state index contributed by atoms with van der Waals surface area (Å²) in [7, 11) is 0. The van der Waals surface area contributed by atoms with Crippen LogP contribution < -0.4 is 5.32 Å². The fraction of sp³-hybridized carbons (Fsp3) is 0.643. The molecule has 1 N–H and O–H groups in total. The van der Waals surface area contributed by atoms with Crippen LogP contribution in [-0.2, 0) is 0 Å². The molecule has 0 bridgehead atoms. The van der Waals surface area contributed by atoms with Crippen molar-refractivity contribution in [1.29, 1.82) is 0 Å². The zero-order valence-corrected chi connectivity index (χ0v) is 11.2. The van der Waals surface area contributed by atoms with Gasteiger partial charge in [-0.15, -0.1) is 0 Å². The third-order valence-corrected chi connectivity index (χ3v) is 4.66. The van der Waals surface area contributed by atoms with Gasteiger partial charge in [-0.3, -0.25) is 4.98 Å². The number of aromatic nitrogens is 1. The maximum absolute atomic E-state index is 13.1. The van der Waals surface area contributed by atoms with Gasteiger partial charge in [0.05, 0.1) is 6.20 Å². The van der Waals surface area contributed by atoms with E-state index in [4.69, 9.17) is 0 Å². The van der Waals surface area contributed by atoms with Crippen molar-refractivity contribution >= 4 is 0 Å². The fourth-order valence-electron chi connectivity index (χ4n) is 2.62. The van der Waals surface area contributed by atoms with Gasteiger partial charge in [0.25, 0.3) is 0 Å². The first-order valence-corrected chi connectivity index (χ1v) is 6.13. The summed E-state index contributed by atoms with van der Waals surface area (Å²) in [5, 5.41) is 3.57. The summed E-state index contributed by atoms with van der Waals surface area (Å²) in [5.74, 6) is -0.273. The van der Waals surface area contributed by atoms with Crippen molar-refractivity contribution in [3.63, 3.8) is 0 Å². The van der Waals surface area contributed by atoms with Crippen LogP contribution in [0.2, 0.25) is 0 Å². The highest BCUT2D eigenvalue weighted by Gasteiger charge is 2.64. The van der Waals surface area contributed by atoms with E-state index in [1.807, 2.05) is 0 Å². The Morgan fingerprint density at radius 1 is 1.24 bits per heavy atom. The first kappa shape index (κ1) is 12.5. The van der Waals surface area contributed by atoms with Gasteiger partial charge in [0.1, 0.15) is 5.82 Å². The zero-order chi connectivity index (χ0) is 12.8. The molecule has 1 heterocycles. The highest BCUT2D eigenvalue weighted by molar-refractivity contribution is 5.21. The first-order chi connectivity index (χ1) is 7.76. The molecule has 2 rings (SSSR count). The Labute approximate surface area is 103 Å². The number of halogens is 1. The Balaban J connectivity index is 2.07. The second-order valence-corrected chi connectivity index (χ2v) is 6.20. The molecule has 0 radical (unpaired) electrons. The summed E-state index contributed by atoms with van der Waals surface area (Å²) in [5.41, 5.74) is 1.49. The summed E-state index contributed by atoms with van der Waals surface area (Å²) in [4.78, 5) is 3.89. The van der Waals surface area contributed by atoms with Crippen LogP contribution in [0.1, 0.15) is 46.2 Å². The van der Waals surface area contributed by atoms with E-state index in [2.05, 4.69) is 44.9 Å². The van der Waals surface area contributed by atoms with Crippen LogP contribution in [0.25, 0.3) is 0 Å². The van der Waals surface area contributed by atoms with Gasteiger partial charge in [-0.2, -0.15) is 0 Å². The van der Waals surface area contributed by atoms with Gasteiger partial charge in [0.15, 0.2) is 0 Å². The molecule has 1 aromatic heterocycles. The summed E-state index contributed by atoms with van der Waals surface area (Å²) >= 11 is 0. The number of pyridine rings is 1. The van der Waals surface area contributed by atoms with Crippen molar-refractivity contribution in [1.82, 2.24) is 10.3 Å². The van der Waals surface area contributed by atoms with E-state index in [0.29, 0.717) is 16.9 Å². The fourth-order valence-corrected chi connectivity index (χ4v) is 2.62. The van der Waals surface area contributed by atoms with E-state index in [-0.39, 0.29) is 11.9 Å². The number of rotatable bonds is 3. The summed E-state index contributed by atoms with van der Waals surface area (Å²) in [6, 6.07) is 2.14. The van der Waals surface area contributed by atoms with Crippen LogP contribution in [0.3, 0.4) is 0 Å². The van der Waals surface area contributed by atoms with Gasteiger partial charge >= 0.3 is 0 Å². The smallest absolute Gasteiger partial charge is 0.141 e. The van der Waals surface area contributed by atoms with Gasteiger partial charge in [0.2, 0.25) is 0 Å². The molecule has 1 unspecified atom stereocenters. The van der Waals surface area contributed by atoms with Crippen molar-refractivity contribution in [2.24, 2.45) is 10.8 Å². The molecule has 1 fully saturated rings. The van der Waals surface area contributed by atoms with Crippen LogP contribution in [-0.4, -0.2) is 11.0 Å². The van der Waals surface area contributed by atoms with Gasteiger partial charge in [-0.25, -0.2) is 4.39 Å². The maximum Gasteiger partial charge on any atom is 0.141 e. The van der Waals surface area contributed by atoms with Crippen LogP contribution >= 0.6 is 0 Å². The number of nitrogens with one attached hydrogen (secondary N) is 1. The van der Waals surface area contributed by atoms with Crippen molar-refractivity contribution < 1.29 is 4.39 Å². The van der Waals surface area contributed by atoms with E-state index in [1.54, 1.807) is 12.3 Å². The second-order valence-electron chi connectivity index (χ2n) is 6.20. The van der Waals surface area contributed by atoms with E-state index >= 15 is 0 Å². The Morgan fingerprint density at radius 3 is 2.29 bits per heavy atom. The molecule has 1 saturated carbocycles. The molecule has 1 aliphatic rings. The molecule has 0 aromatic carbocycles. The van der Waals surface area contributed by atoms with Crippen molar-refractivity contribution in [2.45, 2.75) is 46.7 Å². The lowest BCUT2D eigenvalue weighted by Gasteiger charge is -2.15. The standard InChI is InChI=1S/C14H21FN2/c1-9(10-6-11(15)8-16-7-10)17-12-13(2,3)14(12,4)5/h6-9,12,17H,1-5H3. The van der Waals surface area contributed by atoms with E-state index in [9.17, 15) is 4.39 Å². The van der Waals surface area contributed by atoms with Gasteiger partial charge in [-0.1, -0.05) is 27.7 Å². The van der Waals surface area contributed by atoms with Gasteiger partial charge in [-0.05, 0) is 29.4 Å². The maximum atomic E-state index is 13.1. The molecule has 17 heavy (non-hydrogen) atoms. The molecule has 0 aliphatic heterocycles. The Hall–Kier alpha value is -0.960. The lowest BCUT2D eigenvalue weighted by Crippen LogP contribution is -2.25. The van der Waals surface area contributed by atoms with Crippen LogP contribution in [0.15, 0.2) is 18.5 Å². The van der Waals surface area contributed by atoms with Crippen molar-refractivity contribution in [3.8, 4) is 0 Å². The van der Waals surface area contributed by atoms with E-state index in [1.165, 1.54) is 6.20 Å². The average molecular weight is 236 g/mol. The van der Waals surface area contributed by atoms with Gasteiger partial charge in [0, 0.05) is 18.3 Å². The molecular formula is C14H21FN2. The Morgan fingerprint density at radius 2 is 1.82 bits per heavy atom.